The summed E-state index contributed by atoms with van der Waals surface area (Å²) in [6, 6.07) is 13.6. The summed E-state index contributed by atoms with van der Waals surface area (Å²) in [5, 5.41) is 0. The molecule has 0 spiro atoms. The van der Waals surface area contributed by atoms with Crippen molar-refractivity contribution in [3.8, 4) is 0 Å². The van der Waals surface area contributed by atoms with Crippen LogP contribution in [-0.4, -0.2) is 0 Å². The van der Waals surface area contributed by atoms with Gasteiger partial charge in [-0.3, -0.25) is 0 Å². The van der Waals surface area contributed by atoms with E-state index in [0.29, 0.717) is 17.9 Å². The van der Waals surface area contributed by atoms with Crippen molar-refractivity contribution in [3.05, 3.63) is 83.7 Å². The molecule has 0 aromatic heterocycles. The number of allylic oxidation sites excluding steroid dienone is 1. The van der Waals surface area contributed by atoms with E-state index in [0.717, 1.165) is 28.0 Å². The van der Waals surface area contributed by atoms with E-state index in [4.69, 9.17) is 5.73 Å². The second-order valence-electron chi connectivity index (χ2n) is 6.99. The molecular weight excluding hydrogens is 311 g/mol. The number of aryl methyl sites for hydroxylation is 1. The minimum Gasteiger partial charge on any atom is -0.386 e. The molecule has 0 aliphatic heterocycles. The molecule has 0 bridgehead atoms. The van der Waals surface area contributed by atoms with E-state index in [1.54, 1.807) is 13.8 Å². The molecular formula is C22H27FN2. The number of alkyl halides is 1. The predicted molar refractivity (Wildman–Crippen MR) is 106 cm³/mol. The Morgan fingerprint density at radius 2 is 1.80 bits per heavy atom. The SMILES string of the molecule is C=C(C)c1ccc(N(Cc2ccccc2C(C)(C)F)C(=C)N)c(C)c1. The van der Waals surface area contributed by atoms with Gasteiger partial charge in [0.1, 0.15) is 5.67 Å². The first kappa shape index (κ1) is 18.8. The zero-order valence-electron chi connectivity index (χ0n) is 15.6. The summed E-state index contributed by atoms with van der Waals surface area (Å²) >= 11 is 0. The highest BCUT2D eigenvalue weighted by Gasteiger charge is 2.23. The van der Waals surface area contributed by atoms with Crippen molar-refractivity contribution in [2.45, 2.75) is 39.9 Å². The van der Waals surface area contributed by atoms with Gasteiger partial charge in [0, 0.05) is 12.2 Å². The topological polar surface area (TPSA) is 29.3 Å². The molecule has 2 N–H and O–H groups in total. The highest BCUT2D eigenvalue weighted by molar-refractivity contribution is 5.67. The third kappa shape index (κ3) is 4.30. The molecule has 2 aromatic carbocycles. The van der Waals surface area contributed by atoms with Gasteiger partial charge in [-0.1, -0.05) is 49.1 Å². The highest BCUT2D eigenvalue weighted by atomic mass is 19.1. The first-order chi connectivity index (χ1) is 11.6. The van der Waals surface area contributed by atoms with Gasteiger partial charge in [0.15, 0.2) is 0 Å². The molecule has 3 heteroatoms. The molecule has 2 nitrogen and oxygen atoms in total. The molecule has 0 radical (unpaired) electrons. The smallest absolute Gasteiger partial charge is 0.130 e. The fraction of sp³-hybridized carbons (Fsp3) is 0.273. The largest absolute Gasteiger partial charge is 0.386 e. The fourth-order valence-electron chi connectivity index (χ4n) is 2.97. The number of rotatable bonds is 6. The lowest BCUT2D eigenvalue weighted by molar-refractivity contribution is 0.220. The Balaban J connectivity index is 2.45. The van der Waals surface area contributed by atoms with Crippen molar-refractivity contribution in [2.24, 2.45) is 5.73 Å². The quantitative estimate of drug-likeness (QED) is 0.735. The van der Waals surface area contributed by atoms with Gasteiger partial charge >= 0.3 is 0 Å². The summed E-state index contributed by atoms with van der Waals surface area (Å²) in [6.45, 7) is 15.5. The summed E-state index contributed by atoms with van der Waals surface area (Å²) < 4.78 is 14.6. The van der Waals surface area contributed by atoms with Crippen LogP contribution in [0.2, 0.25) is 0 Å². The van der Waals surface area contributed by atoms with E-state index in [1.807, 2.05) is 55.1 Å². The maximum Gasteiger partial charge on any atom is 0.130 e. The van der Waals surface area contributed by atoms with Crippen LogP contribution in [0.3, 0.4) is 0 Å². The molecule has 0 aliphatic rings. The minimum absolute atomic E-state index is 0.428. The lowest BCUT2D eigenvalue weighted by atomic mass is 9.94. The molecule has 2 aromatic rings. The monoisotopic (exact) mass is 338 g/mol. The molecule has 0 amide bonds. The van der Waals surface area contributed by atoms with E-state index in [-0.39, 0.29) is 0 Å². The third-order valence-electron chi connectivity index (χ3n) is 4.31. The number of hydrogen-bond donors (Lipinski definition) is 1. The van der Waals surface area contributed by atoms with Crippen molar-refractivity contribution in [2.75, 3.05) is 4.90 Å². The number of nitrogens with zero attached hydrogens (tertiary/aromatic N) is 1. The summed E-state index contributed by atoms with van der Waals surface area (Å²) in [5.74, 6) is 0.428. The van der Waals surface area contributed by atoms with Crippen LogP contribution in [0.1, 0.15) is 43.0 Å². The highest BCUT2D eigenvalue weighted by Crippen LogP contribution is 2.31. The Labute approximate surface area is 150 Å². The van der Waals surface area contributed by atoms with Gasteiger partial charge in [-0.25, -0.2) is 4.39 Å². The van der Waals surface area contributed by atoms with Crippen molar-refractivity contribution in [3.63, 3.8) is 0 Å². The van der Waals surface area contributed by atoms with Crippen LogP contribution in [0.15, 0.2) is 61.4 Å². The fourth-order valence-corrected chi connectivity index (χ4v) is 2.97. The van der Waals surface area contributed by atoms with Crippen molar-refractivity contribution < 1.29 is 4.39 Å². The Kier molecular flexibility index (Phi) is 5.36. The Morgan fingerprint density at radius 1 is 1.16 bits per heavy atom. The lowest BCUT2D eigenvalue weighted by Gasteiger charge is -2.29. The van der Waals surface area contributed by atoms with Gasteiger partial charge in [0.05, 0.1) is 5.82 Å². The molecule has 0 aliphatic carbocycles. The summed E-state index contributed by atoms with van der Waals surface area (Å²) in [6.07, 6.45) is 0. The maximum absolute atomic E-state index is 14.6. The van der Waals surface area contributed by atoms with E-state index in [9.17, 15) is 4.39 Å². The zero-order valence-corrected chi connectivity index (χ0v) is 15.6. The van der Waals surface area contributed by atoms with Crippen molar-refractivity contribution in [1.29, 1.82) is 0 Å². The van der Waals surface area contributed by atoms with Gasteiger partial charge in [0.2, 0.25) is 0 Å². The van der Waals surface area contributed by atoms with Gasteiger partial charge in [-0.2, -0.15) is 0 Å². The average molecular weight is 338 g/mol. The van der Waals surface area contributed by atoms with Gasteiger partial charge < -0.3 is 10.6 Å². The van der Waals surface area contributed by atoms with Gasteiger partial charge in [-0.15, -0.1) is 0 Å². The molecule has 0 saturated heterocycles. The number of anilines is 1. The molecule has 0 heterocycles. The van der Waals surface area contributed by atoms with E-state index >= 15 is 0 Å². The first-order valence-electron chi connectivity index (χ1n) is 8.37. The summed E-state index contributed by atoms with van der Waals surface area (Å²) in [7, 11) is 0. The normalized spacial score (nSPS) is 11.2. The standard InChI is InChI=1S/C22H27FN2/c1-15(2)18-11-12-21(16(3)13-18)25(17(4)24)14-19-9-7-8-10-20(19)22(5,6)23/h7-13H,1,4,14,24H2,2-3,5-6H3. The van der Waals surface area contributed by atoms with Crippen LogP contribution >= 0.6 is 0 Å². The first-order valence-corrected chi connectivity index (χ1v) is 8.37. The van der Waals surface area contributed by atoms with Crippen LogP contribution in [0.4, 0.5) is 10.1 Å². The van der Waals surface area contributed by atoms with Crippen LogP contribution in [0.25, 0.3) is 5.57 Å². The van der Waals surface area contributed by atoms with Crippen molar-refractivity contribution >= 4 is 11.3 Å². The molecule has 25 heavy (non-hydrogen) atoms. The maximum atomic E-state index is 14.6. The number of hydrogen-bond acceptors (Lipinski definition) is 2. The second kappa shape index (κ2) is 7.14. The van der Waals surface area contributed by atoms with E-state index in [1.165, 1.54) is 0 Å². The van der Waals surface area contributed by atoms with Crippen LogP contribution in [-0.2, 0) is 12.2 Å². The third-order valence-corrected chi connectivity index (χ3v) is 4.31. The molecule has 132 valence electrons. The molecule has 0 saturated carbocycles. The molecule has 0 atom stereocenters. The zero-order chi connectivity index (χ0) is 18.8. The van der Waals surface area contributed by atoms with Crippen LogP contribution in [0, 0.1) is 6.92 Å². The Morgan fingerprint density at radius 3 is 2.32 bits per heavy atom. The van der Waals surface area contributed by atoms with E-state index in [2.05, 4.69) is 19.2 Å². The van der Waals surface area contributed by atoms with Gasteiger partial charge in [-0.05, 0) is 62.1 Å². The summed E-state index contributed by atoms with van der Waals surface area (Å²) in [4.78, 5) is 1.92. The summed E-state index contributed by atoms with van der Waals surface area (Å²) in [5.41, 5.74) is 10.3. The predicted octanol–water partition coefficient (Wildman–Crippen LogP) is 5.67. The number of benzene rings is 2. The average Bonchev–Trinajstić information content (AvgIpc) is 2.52. The van der Waals surface area contributed by atoms with Gasteiger partial charge in [0.25, 0.3) is 0 Å². The molecule has 0 unspecified atom stereocenters. The second-order valence-corrected chi connectivity index (χ2v) is 6.99. The molecule has 2 rings (SSSR count). The minimum atomic E-state index is -1.42. The Bertz CT molecular complexity index is 800. The molecule has 0 fully saturated rings. The number of nitrogens with two attached hydrogens (primary N) is 1. The van der Waals surface area contributed by atoms with Crippen molar-refractivity contribution in [1.82, 2.24) is 0 Å². The Hall–Kier alpha value is -2.55. The van der Waals surface area contributed by atoms with E-state index < -0.39 is 5.67 Å². The number of halogens is 1. The van der Waals surface area contributed by atoms with Crippen LogP contribution in [0.5, 0.6) is 0 Å². The van der Waals surface area contributed by atoms with Crippen LogP contribution < -0.4 is 10.6 Å². The lowest BCUT2D eigenvalue weighted by Crippen LogP contribution is -2.28.